The lowest BCUT2D eigenvalue weighted by Crippen LogP contribution is -2.55. The van der Waals surface area contributed by atoms with Crippen molar-refractivity contribution in [1.82, 2.24) is 14.5 Å². The maximum atomic E-state index is 12.7. The molecule has 0 saturated carbocycles. The van der Waals surface area contributed by atoms with Gasteiger partial charge in [0.05, 0.1) is 18.8 Å². The molecule has 0 bridgehead atoms. The van der Waals surface area contributed by atoms with Crippen molar-refractivity contribution in [3.05, 3.63) is 11.3 Å². The maximum Gasteiger partial charge on any atom is 0.263 e. The summed E-state index contributed by atoms with van der Waals surface area (Å²) in [6.07, 6.45) is 0. The van der Waals surface area contributed by atoms with Gasteiger partial charge in [-0.2, -0.15) is 9.40 Å². The Hall–Kier alpha value is -0.960. The number of morpholine rings is 1. The Kier molecular flexibility index (Phi) is 3.69. The van der Waals surface area contributed by atoms with Gasteiger partial charge in [0.1, 0.15) is 0 Å². The summed E-state index contributed by atoms with van der Waals surface area (Å²) in [5.41, 5.74) is 6.27. The van der Waals surface area contributed by atoms with Crippen LogP contribution in [0.4, 0.5) is 0 Å². The fourth-order valence-corrected chi connectivity index (χ4v) is 4.21. The number of H-pyrrole nitrogens is 1. The third-order valence-electron chi connectivity index (χ3n) is 3.34. The van der Waals surface area contributed by atoms with E-state index in [2.05, 4.69) is 10.2 Å². The molecule has 1 aromatic heterocycles. The molecule has 1 fully saturated rings. The Labute approximate surface area is 113 Å². The fraction of sp³-hybridized carbons (Fsp3) is 0.727. The lowest BCUT2D eigenvalue weighted by atomic mass is 10.1. The largest absolute Gasteiger partial charge is 0.378 e. The summed E-state index contributed by atoms with van der Waals surface area (Å²) < 4.78 is 32.2. The Morgan fingerprint density at radius 3 is 2.79 bits per heavy atom. The van der Waals surface area contributed by atoms with E-state index in [0.717, 1.165) is 0 Å². The summed E-state index contributed by atoms with van der Waals surface area (Å²) in [5, 5.41) is 6.65. The molecule has 0 aromatic carbocycles. The lowest BCUT2D eigenvalue weighted by molar-refractivity contribution is -0.00784. The van der Waals surface area contributed by atoms with E-state index >= 15 is 0 Å². The monoisotopic (exact) mass is 288 g/mol. The predicted molar refractivity (Wildman–Crippen MR) is 70.0 cm³/mol. The van der Waals surface area contributed by atoms with Gasteiger partial charge >= 0.3 is 0 Å². The highest BCUT2D eigenvalue weighted by atomic mass is 32.2. The van der Waals surface area contributed by atoms with Crippen molar-refractivity contribution in [1.29, 1.82) is 0 Å². The molecule has 0 unspecified atom stereocenters. The van der Waals surface area contributed by atoms with Crippen LogP contribution < -0.4 is 5.73 Å². The number of nitrogens with two attached hydrogens (primary N) is 1. The zero-order valence-corrected chi connectivity index (χ0v) is 12.2. The van der Waals surface area contributed by atoms with Gasteiger partial charge in [0.15, 0.2) is 5.03 Å². The summed E-state index contributed by atoms with van der Waals surface area (Å²) in [5.74, 6) is 0. The molecule has 1 aliphatic heterocycles. The van der Waals surface area contributed by atoms with Crippen molar-refractivity contribution in [2.45, 2.75) is 37.9 Å². The Morgan fingerprint density at radius 1 is 1.53 bits per heavy atom. The zero-order valence-electron chi connectivity index (χ0n) is 11.4. The number of aromatic amines is 1. The van der Waals surface area contributed by atoms with Gasteiger partial charge in [0.25, 0.3) is 10.0 Å². The van der Waals surface area contributed by atoms with Crippen LogP contribution in [0, 0.1) is 6.92 Å². The number of hydrogen-bond donors (Lipinski definition) is 2. The van der Waals surface area contributed by atoms with E-state index in [4.69, 9.17) is 10.5 Å². The van der Waals surface area contributed by atoms with E-state index in [-0.39, 0.29) is 11.6 Å². The van der Waals surface area contributed by atoms with Crippen LogP contribution >= 0.6 is 0 Å². The van der Waals surface area contributed by atoms with Gasteiger partial charge in [0, 0.05) is 24.3 Å². The van der Waals surface area contributed by atoms with Gasteiger partial charge in [0.2, 0.25) is 0 Å². The van der Waals surface area contributed by atoms with Crippen molar-refractivity contribution >= 4 is 10.0 Å². The molecule has 0 radical (unpaired) electrons. The number of nitrogens with zero attached hydrogens (tertiary/aromatic N) is 2. The number of nitrogens with one attached hydrogen (secondary N) is 1. The molecular formula is C11H20N4O3S. The van der Waals surface area contributed by atoms with Crippen molar-refractivity contribution in [2.75, 3.05) is 19.8 Å². The molecule has 7 nitrogen and oxygen atoms in total. The molecule has 0 spiro atoms. The standard InChI is InChI=1S/C11H20N4O3S/c1-8-9(6-12)10(14-13-8)19(16,17)15-4-5-18-7-11(15,2)3/h4-7,12H2,1-3H3,(H,13,14). The molecular weight excluding hydrogens is 268 g/mol. The van der Waals surface area contributed by atoms with Crippen LogP contribution in [-0.4, -0.2) is 48.2 Å². The van der Waals surface area contributed by atoms with E-state index < -0.39 is 15.6 Å². The van der Waals surface area contributed by atoms with Crippen LogP contribution in [0.25, 0.3) is 0 Å². The van der Waals surface area contributed by atoms with E-state index in [1.165, 1.54) is 4.31 Å². The highest BCUT2D eigenvalue weighted by Crippen LogP contribution is 2.28. The normalized spacial score (nSPS) is 20.6. The number of ether oxygens (including phenoxy) is 1. The van der Waals surface area contributed by atoms with E-state index in [0.29, 0.717) is 31.0 Å². The van der Waals surface area contributed by atoms with Gasteiger partial charge in [-0.25, -0.2) is 8.42 Å². The molecule has 2 rings (SSSR count). The first-order chi connectivity index (χ1) is 8.80. The second kappa shape index (κ2) is 4.86. The molecule has 3 N–H and O–H groups in total. The number of aryl methyl sites for hydroxylation is 1. The molecule has 19 heavy (non-hydrogen) atoms. The smallest absolute Gasteiger partial charge is 0.263 e. The van der Waals surface area contributed by atoms with Crippen LogP contribution in [0.2, 0.25) is 0 Å². The van der Waals surface area contributed by atoms with Crippen LogP contribution in [0.5, 0.6) is 0 Å². The Morgan fingerprint density at radius 2 is 2.21 bits per heavy atom. The molecule has 108 valence electrons. The third-order valence-corrected chi connectivity index (χ3v) is 5.43. The molecule has 0 amide bonds. The molecule has 1 aliphatic rings. The van der Waals surface area contributed by atoms with Gasteiger partial charge in [-0.05, 0) is 20.8 Å². The minimum atomic E-state index is -3.66. The van der Waals surface area contributed by atoms with E-state index in [9.17, 15) is 8.42 Å². The number of aromatic nitrogens is 2. The maximum absolute atomic E-state index is 12.7. The highest BCUT2D eigenvalue weighted by molar-refractivity contribution is 7.89. The first-order valence-corrected chi connectivity index (χ1v) is 7.59. The van der Waals surface area contributed by atoms with Crippen LogP contribution in [0.15, 0.2) is 5.03 Å². The SMILES string of the molecule is Cc1[nH]nc(S(=O)(=O)N2CCOCC2(C)C)c1CN. The third kappa shape index (κ3) is 2.40. The molecule has 2 heterocycles. The first kappa shape index (κ1) is 14.4. The summed E-state index contributed by atoms with van der Waals surface area (Å²) >= 11 is 0. The highest BCUT2D eigenvalue weighted by Gasteiger charge is 2.41. The van der Waals surface area contributed by atoms with Gasteiger partial charge in [-0.1, -0.05) is 0 Å². The molecule has 1 aromatic rings. The van der Waals surface area contributed by atoms with Crippen LogP contribution in [0.1, 0.15) is 25.1 Å². The Bertz CT molecular complexity index is 564. The minimum Gasteiger partial charge on any atom is -0.378 e. The second-order valence-electron chi connectivity index (χ2n) is 5.28. The number of hydrogen-bond acceptors (Lipinski definition) is 5. The average Bonchev–Trinajstić information content (AvgIpc) is 2.70. The zero-order chi connectivity index (χ0) is 14.3. The average molecular weight is 288 g/mol. The van der Waals surface area contributed by atoms with Crippen LogP contribution in [0.3, 0.4) is 0 Å². The molecule has 0 atom stereocenters. The van der Waals surface area contributed by atoms with Gasteiger partial charge in [-0.3, -0.25) is 5.10 Å². The number of rotatable bonds is 3. The van der Waals surface area contributed by atoms with E-state index in [1.54, 1.807) is 6.92 Å². The predicted octanol–water partition coefficient (Wildman–Crippen LogP) is -0.0237. The van der Waals surface area contributed by atoms with Crippen molar-refractivity contribution in [2.24, 2.45) is 5.73 Å². The van der Waals surface area contributed by atoms with Crippen LogP contribution in [-0.2, 0) is 21.3 Å². The summed E-state index contributed by atoms with van der Waals surface area (Å²) in [6, 6.07) is 0. The molecule has 8 heteroatoms. The first-order valence-electron chi connectivity index (χ1n) is 6.15. The summed E-state index contributed by atoms with van der Waals surface area (Å²) in [6.45, 7) is 6.67. The van der Waals surface area contributed by atoms with Crippen molar-refractivity contribution < 1.29 is 13.2 Å². The minimum absolute atomic E-state index is 0.0301. The lowest BCUT2D eigenvalue weighted by Gasteiger charge is -2.40. The summed E-state index contributed by atoms with van der Waals surface area (Å²) in [4.78, 5) is 0. The second-order valence-corrected chi connectivity index (χ2v) is 7.06. The van der Waals surface area contributed by atoms with Gasteiger partial charge in [-0.15, -0.1) is 0 Å². The summed E-state index contributed by atoms with van der Waals surface area (Å²) in [7, 11) is -3.66. The quantitative estimate of drug-likeness (QED) is 0.813. The molecule has 0 aliphatic carbocycles. The Balaban J connectivity index is 2.47. The van der Waals surface area contributed by atoms with Gasteiger partial charge < -0.3 is 10.5 Å². The topological polar surface area (TPSA) is 101 Å². The van der Waals surface area contributed by atoms with Crippen molar-refractivity contribution in [3.63, 3.8) is 0 Å². The molecule has 1 saturated heterocycles. The van der Waals surface area contributed by atoms with E-state index in [1.807, 2.05) is 13.8 Å². The number of sulfonamides is 1. The van der Waals surface area contributed by atoms with Crippen molar-refractivity contribution in [3.8, 4) is 0 Å². The fourth-order valence-electron chi connectivity index (χ4n) is 2.28.